The van der Waals surface area contributed by atoms with Gasteiger partial charge in [0.15, 0.2) is 0 Å². The maximum atomic E-state index is 10.6. The van der Waals surface area contributed by atoms with Crippen molar-refractivity contribution in [3.8, 4) is 0 Å². The maximum Gasteiger partial charge on any atom is 0.128 e. The van der Waals surface area contributed by atoms with Crippen LogP contribution in [0.2, 0.25) is 0 Å². The highest BCUT2D eigenvalue weighted by Gasteiger charge is 2.26. The van der Waals surface area contributed by atoms with Gasteiger partial charge in [0.05, 0.1) is 5.60 Å². The van der Waals surface area contributed by atoms with Crippen LogP contribution in [0.4, 0.5) is 5.82 Å². The molecule has 4 nitrogen and oxygen atoms in total. The summed E-state index contributed by atoms with van der Waals surface area (Å²) in [6.45, 7) is 4.49. The molecule has 3 heterocycles. The van der Waals surface area contributed by atoms with E-state index in [1.165, 1.54) is 0 Å². The van der Waals surface area contributed by atoms with E-state index in [9.17, 15) is 5.11 Å². The lowest BCUT2D eigenvalue weighted by Crippen LogP contribution is -2.46. The number of hydrogen-bond donors (Lipinski definition) is 2. The molecule has 3 rings (SSSR count). The summed E-state index contributed by atoms with van der Waals surface area (Å²) in [5, 5.41) is 18.1. The molecular weight excluding hydrogens is 294 g/mol. The molecular formula is C17H23N3OS. The molecule has 1 aliphatic rings. The van der Waals surface area contributed by atoms with Crippen molar-refractivity contribution < 1.29 is 5.11 Å². The van der Waals surface area contributed by atoms with Crippen LogP contribution in [0.5, 0.6) is 0 Å². The SMILES string of the molecule is CC(O)(CNC1CCN(c2ccccn2)CC1)c1ccsc1. The Morgan fingerprint density at radius 2 is 2.18 bits per heavy atom. The Labute approximate surface area is 135 Å². The quantitative estimate of drug-likeness (QED) is 0.890. The number of nitrogens with one attached hydrogen (secondary N) is 1. The first kappa shape index (κ1) is 15.5. The van der Waals surface area contributed by atoms with E-state index in [-0.39, 0.29) is 0 Å². The van der Waals surface area contributed by atoms with Crippen LogP contribution in [-0.2, 0) is 5.60 Å². The molecule has 2 aromatic rings. The molecule has 1 fully saturated rings. The molecule has 2 aromatic heterocycles. The lowest BCUT2D eigenvalue weighted by Gasteiger charge is -2.35. The van der Waals surface area contributed by atoms with Gasteiger partial charge >= 0.3 is 0 Å². The lowest BCUT2D eigenvalue weighted by atomic mass is 9.97. The molecule has 22 heavy (non-hydrogen) atoms. The van der Waals surface area contributed by atoms with Crippen molar-refractivity contribution in [2.75, 3.05) is 24.5 Å². The molecule has 0 aliphatic carbocycles. The molecule has 0 bridgehead atoms. The van der Waals surface area contributed by atoms with Gasteiger partial charge in [0.1, 0.15) is 5.82 Å². The molecule has 1 atom stereocenters. The summed E-state index contributed by atoms with van der Waals surface area (Å²) >= 11 is 1.62. The van der Waals surface area contributed by atoms with E-state index in [1.54, 1.807) is 11.3 Å². The molecule has 2 N–H and O–H groups in total. The second-order valence-electron chi connectivity index (χ2n) is 6.12. The number of thiophene rings is 1. The zero-order valence-electron chi connectivity index (χ0n) is 12.9. The molecule has 1 unspecified atom stereocenters. The topological polar surface area (TPSA) is 48.4 Å². The highest BCUT2D eigenvalue weighted by molar-refractivity contribution is 7.08. The molecule has 0 radical (unpaired) electrons. The number of hydrogen-bond acceptors (Lipinski definition) is 5. The summed E-state index contributed by atoms with van der Waals surface area (Å²) < 4.78 is 0. The third kappa shape index (κ3) is 3.66. The highest BCUT2D eigenvalue weighted by atomic mass is 32.1. The van der Waals surface area contributed by atoms with E-state index in [4.69, 9.17) is 0 Å². The first-order valence-electron chi connectivity index (χ1n) is 7.79. The predicted octanol–water partition coefficient (Wildman–Crippen LogP) is 2.61. The van der Waals surface area contributed by atoms with Crippen molar-refractivity contribution in [3.05, 3.63) is 46.8 Å². The number of rotatable bonds is 5. The van der Waals surface area contributed by atoms with Gasteiger partial charge in [0.25, 0.3) is 0 Å². The summed E-state index contributed by atoms with van der Waals surface area (Å²) in [6.07, 6.45) is 4.00. The fraction of sp³-hybridized carbons (Fsp3) is 0.471. The van der Waals surface area contributed by atoms with Crippen LogP contribution in [0, 0.1) is 0 Å². The van der Waals surface area contributed by atoms with Crippen LogP contribution in [0.15, 0.2) is 41.2 Å². The Morgan fingerprint density at radius 1 is 1.36 bits per heavy atom. The number of aliphatic hydroxyl groups is 1. The van der Waals surface area contributed by atoms with Crippen LogP contribution in [0.25, 0.3) is 0 Å². The van der Waals surface area contributed by atoms with Gasteiger partial charge in [0, 0.05) is 31.9 Å². The minimum absolute atomic E-state index is 0.463. The number of piperidine rings is 1. The minimum atomic E-state index is -0.794. The molecule has 5 heteroatoms. The van der Waals surface area contributed by atoms with Crippen molar-refractivity contribution in [2.45, 2.75) is 31.4 Å². The van der Waals surface area contributed by atoms with Gasteiger partial charge in [0.2, 0.25) is 0 Å². The molecule has 0 aromatic carbocycles. The van der Waals surface area contributed by atoms with Crippen molar-refractivity contribution in [2.24, 2.45) is 0 Å². The Bertz CT molecular complexity index is 563. The van der Waals surface area contributed by atoms with Crippen molar-refractivity contribution in [1.82, 2.24) is 10.3 Å². The molecule has 118 valence electrons. The van der Waals surface area contributed by atoms with Crippen LogP contribution in [0.3, 0.4) is 0 Å². The molecule has 0 spiro atoms. The Hall–Kier alpha value is -1.43. The van der Waals surface area contributed by atoms with Crippen LogP contribution in [0.1, 0.15) is 25.3 Å². The number of nitrogens with zero attached hydrogens (tertiary/aromatic N) is 2. The summed E-state index contributed by atoms with van der Waals surface area (Å²) in [6, 6.07) is 8.50. The number of pyridine rings is 1. The minimum Gasteiger partial charge on any atom is -0.384 e. The van der Waals surface area contributed by atoms with Gasteiger partial charge < -0.3 is 15.3 Å². The van der Waals surface area contributed by atoms with E-state index >= 15 is 0 Å². The Kier molecular flexibility index (Phi) is 4.76. The van der Waals surface area contributed by atoms with Gasteiger partial charge in [-0.1, -0.05) is 6.07 Å². The van der Waals surface area contributed by atoms with E-state index in [0.717, 1.165) is 37.3 Å². The average Bonchev–Trinajstić information content (AvgIpc) is 3.10. The maximum absolute atomic E-state index is 10.6. The number of aromatic nitrogens is 1. The highest BCUT2D eigenvalue weighted by Crippen LogP contribution is 2.23. The van der Waals surface area contributed by atoms with Crippen molar-refractivity contribution in [1.29, 1.82) is 0 Å². The van der Waals surface area contributed by atoms with Crippen molar-refractivity contribution >= 4 is 17.2 Å². The summed E-state index contributed by atoms with van der Waals surface area (Å²) in [7, 11) is 0. The second-order valence-corrected chi connectivity index (χ2v) is 6.90. The van der Waals surface area contributed by atoms with Crippen LogP contribution < -0.4 is 10.2 Å². The Morgan fingerprint density at radius 3 is 2.82 bits per heavy atom. The van der Waals surface area contributed by atoms with Gasteiger partial charge in [-0.3, -0.25) is 0 Å². The third-order valence-corrected chi connectivity index (χ3v) is 5.03. The fourth-order valence-corrected chi connectivity index (χ4v) is 3.65. The smallest absolute Gasteiger partial charge is 0.128 e. The number of anilines is 1. The second kappa shape index (κ2) is 6.77. The van der Waals surface area contributed by atoms with E-state index < -0.39 is 5.60 Å². The molecule has 1 aliphatic heterocycles. The van der Waals surface area contributed by atoms with Gasteiger partial charge in [-0.05, 0) is 54.3 Å². The normalized spacial score (nSPS) is 19.1. The zero-order valence-corrected chi connectivity index (χ0v) is 13.7. The van der Waals surface area contributed by atoms with Gasteiger partial charge in [-0.25, -0.2) is 4.98 Å². The summed E-state index contributed by atoms with van der Waals surface area (Å²) in [5.74, 6) is 1.06. The lowest BCUT2D eigenvalue weighted by molar-refractivity contribution is 0.0532. The monoisotopic (exact) mass is 317 g/mol. The third-order valence-electron chi connectivity index (χ3n) is 4.35. The standard InChI is InChI=1S/C17H23N3OS/c1-17(21,14-7-11-22-12-14)13-19-15-5-9-20(10-6-15)16-4-2-3-8-18-16/h2-4,7-8,11-12,15,19,21H,5-6,9-10,13H2,1H3. The van der Waals surface area contributed by atoms with E-state index in [1.807, 2.05) is 42.1 Å². The zero-order chi connectivity index (χ0) is 15.4. The van der Waals surface area contributed by atoms with E-state index in [2.05, 4.69) is 21.3 Å². The van der Waals surface area contributed by atoms with Gasteiger partial charge in [-0.15, -0.1) is 0 Å². The first-order chi connectivity index (χ1) is 10.6. The predicted molar refractivity (Wildman–Crippen MR) is 91.4 cm³/mol. The molecule has 0 amide bonds. The summed E-state index contributed by atoms with van der Waals surface area (Å²) in [5.41, 5.74) is 0.203. The van der Waals surface area contributed by atoms with Crippen LogP contribution in [-0.4, -0.2) is 35.8 Å². The largest absolute Gasteiger partial charge is 0.384 e. The summed E-state index contributed by atoms with van der Waals surface area (Å²) in [4.78, 5) is 6.74. The van der Waals surface area contributed by atoms with Gasteiger partial charge in [-0.2, -0.15) is 11.3 Å². The molecule has 0 saturated carbocycles. The van der Waals surface area contributed by atoms with Crippen LogP contribution >= 0.6 is 11.3 Å². The first-order valence-corrected chi connectivity index (χ1v) is 8.74. The fourth-order valence-electron chi connectivity index (χ4n) is 2.87. The van der Waals surface area contributed by atoms with E-state index in [0.29, 0.717) is 12.6 Å². The Balaban J connectivity index is 1.48. The average molecular weight is 317 g/mol. The molecule has 1 saturated heterocycles. The van der Waals surface area contributed by atoms with Crippen molar-refractivity contribution in [3.63, 3.8) is 0 Å².